The highest BCUT2D eigenvalue weighted by atomic mass is 16.7. The quantitative estimate of drug-likeness (QED) is 0.843. The number of likely N-dealkylation sites (tertiary alicyclic amines) is 1. The lowest BCUT2D eigenvalue weighted by Crippen LogP contribution is -2.47. The number of amides is 1. The van der Waals surface area contributed by atoms with Crippen molar-refractivity contribution in [2.45, 2.75) is 25.8 Å². The van der Waals surface area contributed by atoms with Crippen LogP contribution in [-0.2, 0) is 14.3 Å². The Morgan fingerprint density at radius 1 is 1.25 bits per heavy atom. The van der Waals surface area contributed by atoms with Gasteiger partial charge in [0.05, 0.1) is 19.1 Å². The standard InChI is InChI=1S/C17H22N2O5/c1-11(19-7-5-12(6-8-19)17(21)22-2)16(20)18-13-3-4-14-15(9-13)24-10-23-14/h3-4,9,11-12H,5-8,10H2,1-2H3,(H,18,20)/t11-/m1/s1. The van der Waals surface area contributed by atoms with E-state index in [0.29, 0.717) is 43.1 Å². The van der Waals surface area contributed by atoms with Crippen molar-refractivity contribution in [3.63, 3.8) is 0 Å². The molecule has 7 nitrogen and oxygen atoms in total. The van der Waals surface area contributed by atoms with Crippen molar-refractivity contribution in [3.05, 3.63) is 18.2 Å². The molecule has 2 aliphatic rings. The number of benzene rings is 1. The van der Waals surface area contributed by atoms with E-state index in [1.54, 1.807) is 18.2 Å². The van der Waals surface area contributed by atoms with E-state index in [9.17, 15) is 9.59 Å². The summed E-state index contributed by atoms with van der Waals surface area (Å²) in [5, 5.41) is 2.91. The molecule has 1 amide bonds. The highest BCUT2D eigenvalue weighted by Gasteiger charge is 2.30. The average molecular weight is 334 g/mol. The predicted molar refractivity (Wildman–Crippen MR) is 87.0 cm³/mol. The highest BCUT2D eigenvalue weighted by molar-refractivity contribution is 5.94. The third kappa shape index (κ3) is 3.46. The van der Waals surface area contributed by atoms with Gasteiger partial charge in [0.25, 0.3) is 0 Å². The van der Waals surface area contributed by atoms with E-state index >= 15 is 0 Å². The van der Waals surface area contributed by atoms with Crippen LogP contribution in [0.5, 0.6) is 11.5 Å². The van der Waals surface area contributed by atoms with Crippen LogP contribution in [-0.4, -0.2) is 49.8 Å². The molecule has 1 saturated heterocycles. The lowest BCUT2D eigenvalue weighted by Gasteiger charge is -2.34. The number of methoxy groups -OCH3 is 1. The molecule has 130 valence electrons. The van der Waals surface area contributed by atoms with Gasteiger partial charge in [-0.05, 0) is 45.0 Å². The Morgan fingerprint density at radius 2 is 1.96 bits per heavy atom. The number of ether oxygens (including phenoxy) is 3. The Morgan fingerprint density at radius 3 is 2.67 bits per heavy atom. The fourth-order valence-corrected chi connectivity index (χ4v) is 3.08. The number of rotatable bonds is 4. The lowest BCUT2D eigenvalue weighted by atomic mass is 9.96. The third-order valence-corrected chi connectivity index (χ3v) is 4.63. The maximum atomic E-state index is 12.5. The average Bonchev–Trinajstić information content (AvgIpc) is 3.08. The van der Waals surface area contributed by atoms with Gasteiger partial charge in [-0.25, -0.2) is 0 Å². The zero-order chi connectivity index (χ0) is 17.1. The molecule has 0 bridgehead atoms. The van der Waals surface area contributed by atoms with Gasteiger partial charge < -0.3 is 19.5 Å². The van der Waals surface area contributed by atoms with Gasteiger partial charge in [-0.3, -0.25) is 14.5 Å². The first-order valence-electron chi connectivity index (χ1n) is 8.11. The van der Waals surface area contributed by atoms with Crippen molar-refractivity contribution in [2.75, 3.05) is 32.3 Å². The smallest absolute Gasteiger partial charge is 0.308 e. The highest BCUT2D eigenvalue weighted by Crippen LogP contribution is 2.34. The van der Waals surface area contributed by atoms with Crippen molar-refractivity contribution in [3.8, 4) is 11.5 Å². The van der Waals surface area contributed by atoms with E-state index in [1.165, 1.54) is 7.11 Å². The monoisotopic (exact) mass is 334 g/mol. The lowest BCUT2D eigenvalue weighted by molar-refractivity contribution is -0.147. The zero-order valence-corrected chi connectivity index (χ0v) is 13.9. The second-order valence-electron chi connectivity index (χ2n) is 6.07. The molecule has 1 N–H and O–H groups in total. The van der Waals surface area contributed by atoms with Crippen LogP contribution in [0.15, 0.2) is 18.2 Å². The molecule has 2 heterocycles. The second-order valence-corrected chi connectivity index (χ2v) is 6.07. The first-order valence-corrected chi connectivity index (χ1v) is 8.11. The fourth-order valence-electron chi connectivity index (χ4n) is 3.08. The van der Waals surface area contributed by atoms with Crippen LogP contribution >= 0.6 is 0 Å². The molecule has 3 rings (SSSR count). The molecule has 1 aromatic rings. The summed E-state index contributed by atoms with van der Waals surface area (Å²) < 4.78 is 15.4. The summed E-state index contributed by atoms with van der Waals surface area (Å²) in [4.78, 5) is 26.1. The largest absolute Gasteiger partial charge is 0.469 e. The van der Waals surface area contributed by atoms with Gasteiger partial charge in [-0.15, -0.1) is 0 Å². The number of nitrogens with one attached hydrogen (secondary N) is 1. The first kappa shape index (κ1) is 16.6. The Kier molecular flexibility index (Phi) is 4.89. The van der Waals surface area contributed by atoms with E-state index < -0.39 is 0 Å². The third-order valence-electron chi connectivity index (χ3n) is 4.63. The van der Waals surface area contributed by atoms with Crippen molar-refractivity contribution in [2.24, 2.45) is 5.92 Å². The number of carbonyl (C=O) groups is 2. The van der Waals surface area contributed by atoms with Gasteiger partial charge in [0.1, 0.15) is 0 Å². The number of hydrogen-bond donors (Lipinski definition) is 1. The number of piperidine rings is 1. The minimum absolute atomic E-state index is 0.0598. The Labute approximate surface area is 140 Å². The van der Waals surface area contributed by atoms with Crippen LogP contribution in [0.3, 0.4) is 0 Å². The molecule has 24 heavy (non-hydrogen) atoms. The van der Waals surface area contributed by atoms with Crippen LogP contribution < -0.4 is 14.8 Å². The summed E-state index contributed by atoms with van der Waals surface area (Å²) in [6.45, 7) is 3.49. The van der Waals surface area contributed by atoms with Gasteiger partial charge >= 0.3 is 5.97 Å². The molecule has 0 unspecified atom stereocenters. The molecule has 0 aromatic heterocycles. The second kappa shape index (κ2) is 7.09. The molecule has 2 aliphatic heterocycles. The van der Waals surface area contributed by atoms with E-state index in [4.69, 9.17) is 14.2 Å². The SMILES string of the molecule is COC(=O)C1CCN([C@H](C)C(=O)Nc2ccc3c(c2)OCO3)CC1. The van der Waals surface area contributed by atoms with Crippen molar-refractivity contribution in [1.82, 2.24) is 4.90 Å². The maximum Gasteiger partial charge on any atom is 0.308 e. The Bertz CT molecular complexity index is 625. The van der Waals surface area contributed by atoms with Crippen LogP contribution in [0.1, 0.15) is 19.8 Å². The minimum Gasteiger partial charge on any atom is -0.469 e. The minimum atomic E-state index is -0.269. The number of esters is 1. The van der Waals surface area contributed by atoms with Crippen LogP contribution in [0, 0.1) is 5.92 Å². The van der Waals surface area contributed by atoms with E-state index in [0.717, 1.165) is 0 Å². The summed E-state index contributed by atoms with van der Waals surface area (Å²) in [6.07, 6.45) is 1.43. The zero-order valence-electron chi connectivity index (χ0n) is 13.9. The normalized spacial score (nSPS) is 18.9. The summed E-state index contributed by atoms with van der Waals surface area (Å²) in [5.41, 5.74) is 0.681. The molecule has 1 aromatic carbocycles. The molecule has 1 fully saturated rings. The predicted octanol–water partition coefficient (Wildman–Crippen LogP) is 1.63. The number of fused-ring (bicyclic) bond motifs is 1. The van der Waals surface area contributed by atoms with Crippen LogP contribution in [0.2, 0.25) is 0 Å². The number of anilines is 1. The number of nitrogens with zero attached hydrogens (tertiary/aromatic N) is 1. The molecular weight excluding hydrogens is 312 g/mol. The van der Waals surface area contributed by atoms with Crippen molar-refractivity contribution in [1.29, 1.82) is 0 Å². The summed E-state index contributed by atoms with van der Waals surface area (Å²) in [6, 6.07) is 5.07. The summed E-state index contributed by atoms with van der Waals surface area (Å²) in [5.74, 6) is 1.03. The Hall–Kier alpha value is -2.28. The van der Waals surface area contributed by atoms with E-state index in [1.807, 2.05) is 6.92 Å². The van der Waals surface area contributed by atoms with Crippen molar-refractivity contribution >= 4 is 17.6 Å². The maximum absolute atomic E-state index is 12.5. The Balaban J connectivity index is 1.55. The number of hydrogen-bond acceptors (Lipinski definition) is 6. The topological polar surface area (TPSA) is 77.1 Å². The van der Waals surface area contributed by atoms with Crippen molar-refractivity contribution < 1.29 is 23.8 Å². The molecular formula is C17H22N2O5. The van der Waals surface area contributed by atoms with Gasteiger partial charge in [0.15, 0.2) is 11.5 Å². The molecule has 7 heteroatoms. The molecule has 0 saturated carbocycles. The van der Waals surface area contributed by atoms with Crippen LogP contribution in [0.4, 0.5) is 5.69 Å². The van der Waals surface area contributed by atoms with Gasteiger partial charge in [0, 0.05) is 11.8 Å². The van der Waals surface area contributed by atoms with Crippen LogP contribution in [0.25, 0.3) is 0 Å². The molecule has 0 radical (unpaired) electrons. The van der Waals surface area contributed by atoms with Gasteiger partial charge in [-0.1, -0.05) is 0 Å². The molecule has 1 atom stereocenters. The fraction of sp³-hybridized carbons (Fsp3) is 0.529. The van der Waals surface area contributed by atoms with Gasteiger partial charge in [0.2, 0.25) is 12.7 Å². The van der Waals surface area contributed by atoms with Gasteiger partial charge in [-0.2, -0.15) is 0 Å². The van der Waals surface area contributed by atoms with E-state index in [-0.39, 0.29) is 30.6 Å². The first-order chi connectivity index (χ1) is 11.6. The molecule has 0 spiro atoms. The summed E-state index contributed by atoms with van der Waals surface area (Å²) in [7, 11) is 1.41. The number of carbonyl (C=O) groups excluding carboxylic acids is 2. The van der Waals surface area contributed by atoms with E-state index in [2.05, 4.69) is 10.2 Å². The summed E-state index contributed by atoms with van der Waals surface area (Å²) >= 11 is 0. The molecule has 0 aliphatic carbocycles.